The molecule has 1 aliphatic heterocycles. The molecule has 0 saturated carbocycles. The Morgan fingerprint density at radius 2 is 1.87 bits per heavy atom. The molecule has 1 atom stereocenters. The van der Waals surface area contributed by atoms with E-state index in [4.69, 9.17) is 4.74 Å². The van der Waals surface area contributed by atoms with E-state index >= 15 is 0 Å². The maximum absolute atomic E-state index is 13.0. The number of Topliss-reactive ketones (excluding diaryl/α,β-unsaturated/α-hetero) is 1. The fourth-order valence-electron chi connectivity index (χ4n) is 3.61. The SMILES string of the molecule is CCOc1ccc(/C(O)=C2\C(=O)C(=O)N(Cc3cccnc3)C2c2ccccn2)cc1. The zero-order chi connectivity index (χ0) is 21.8. The summed E-state index contributed by atoms with van der Waals surface area (Å²) in [5.41, 5.74) is 1.70. The number of aliphatic hydroxyl groups excluding tert-OH is 1. The van der Waals surface area contributed by atoms with Crippen LogP contribution in [0.5, 0.6) is 5.75 Å². The van der Waals surface area contributed by atoms with Crippen molar-refractivity contribution in [3.63, 3.8) is 0 Å². The Morgan fingerprint density at radius 3 is 2.52 bits per heavy atom. The van der Waals surface area contributed by atoms with Crippen LogP contribution in [0.4, 0.5) is 0 Å². The smallest absolute Gasteiger partial charge is 0.296 e. The van der Waals surface area contributed by atoms with Gasteiger partial charge in [-0.25, -0.2) is 0 Å². The van der Waals surface area contributed by atoms with E-state index in [1.807, 2.05) is 13.0 Å². The second-order valence-electron chi connectivity index (χ2n) is 7.00. The molecule has 1 saturated heterocycles. The van der Waals surface area contributed by atoms with E-state index in [0.29, 0.717) is 23.6 Å². The molecule has 1 fully saturated rings. The summed E-state index contributed by atoms with van der Waals surface area (Å²) < 4.78 is 5.44. The third-order valence-corrected chi connectivity index (χ3v) is 5.02. The summed E-state index contributed by atoms with van der Waals surface area (Å²) in [6.07, 6.45) is 4.87. The number of aromatic nitrogens is 2. The number of nitrogens with zero attached hydrogens (tertiary/aromatic N) is 3. The van der Waals surface area contributed by atoms with Gasteiger partial charge in [0.1, 0.15) is 17.6 Å². The topological polar surface area (TPSA) is 92.6 Å². The highest BCUT2D eigenvalue weighted by molar-refractivity contribution is 6.46. The van der Waals surface area contributed by atoms with Crippen LogP contribution in [0, 0.1) is 0 Å². The number of carbonyl (C=O) groups excluding carboxylic acids is 2. The van der Waals surface area contributed by atoms with Crippen LogP contribution in [0.1, 0.15) is 29.8 Å². The largest absolute Gasteiger partial charge is 0.507 e. The van der Waals surface area contributed by atoms with Gasteiger partial charge in [0.15, 0.2) is 0 Å². The number of ketones is 1. The van der Waals surface area contributed by atoms with Gasteiger partial charge in [-0.1, -0.05) is 12.1 Å². The van der Waals surface area contributed by atoms with E-state index in [9.17, 15) is 14.7 Å². The Balaban J connectivity index is 1.80. The van der Waals surface area contributed by atoms with Gasteiger partial charge in [0.2, 0.25) is 0 Å². The molecule has 3 heterocycles. The van der Waals surface area contributed by atoms with Crippen LogP contribution in [0.3, 0.4) is 0 Å². The highest BCUT2D eigenvalue weighted by atomic mass is 16.5. The summed E-state index contributed by atoms with van der Waals surface area (Å²) in [5, 5.41) is 11.0. The molecule has 0 radical (unpaired) electrons. The molecule has 3 aromatic rings. The summed E-state index contributed by atoms with van der Waals surface area (Å²) in [5.74, 6) is -1.03. The number of hydrogen-bond acceptors (Lipinski definition) is 6. The predicted molar refractivity (Wildman–Crippen MR) is 114 cm³/mol. The van der Waals surface area contributed by atoms with Crippen LogP contribution < -0.4 is 4.74 Å². The van der Waals surface area contributed by atoms with Crippen molar-refractivity contribution in [3.8, 4) is 5.75 Å². The third-order valence-electron chi connectivity index (χ3n) is 5.02. The van der Waals surface area contributed by atoms with Crippen molar-refractivity contribution in [2.24, 2.45) is 0 Å². The van der Waals surface area contributed by atoms with Crippen molar-refractivity contribution in [1.82, 2.24) is 14.9 Å². The lowest BCUT2D eigenvalue weighted by atomic mass is 9.98. The number of hydrogen-bond donors (Lipinski definition) is 1. The van der Waals surface area contributed by atoms with Gasteiger partial charge in [-0.15, -0.1) is 0 Å². The minimum Gasteiger partial charge on any atom is -0.507 e. The minimum absolute atomic E-state index is 0.0109. The molecule has 1 N–H and O–H groups in total. The number of rotatable bonds is 6. The van der Waals surface area contributed by atoms with E-state index < -0.39 is 17.7 Å². The molecule has 31 heavy (non-hydrogen) atoms. The van der Waals surface area contributed by atoms with Crippen LogP contribution >= 0.6 is 0 Å². The standard InChI is InChI=1S/C24H21N3O4/c1-2-31-18-10-8-17(9-11-18)22(28)20-21(19-7-3-4-13-26-19)27(24(30)23(20)29)15-16-6-5-12-25-14-16/h3-14,21,28H,2,15H2,1H3/b22-20+. The number of benzene rings is 1. The molecule has 1 aromatic carbocycles. The Kier molecular flexibility index (Phi) is 5.75. The van der Waals surface area contributed by atoms with E-state index in [-0.39, 0.29) is 17.9 Å². The maximum Gasteiger partial charge on any atom is 0.296 e. The molecule has 1 amide bonds. The van der Waals surface area contributed by atoms with Crippen molar-refractivity contribution in [3.05, 3.63) is 95.6 Å². The molecule has 0 spiro atoms. The Labute approximate surface area is 179 Å². The van der Waals surface area contributed by atoms with Crippen LogP contribution in [0.25, 0.3) is 5.76 Å². The highest BCUT2D eigenvalue weighted by Crippen LogP contribution is 2.39. The van der Waals surface area contributed by atoms with Gasteiger partial charge >= 0.3 is 0 Å². The van der Waals surface area contributed by atoms with Gasteiger partial charge < -0.3 is 14.7 Å². The first-order chi connectivity index (χ1) is 15.1. The monoisotopic (exact) mass is 415 g/mol. The summed E-state index contributed by atoms with van der Waals surface area (Å²) in [6.45, 7) is 2.56. The van der Waals surface area contributed by atoms with Gasteiger partial charge in [-0.05, 0) is 55.0 Å². The van der Waals surface area contributed by atoms with Gasteiger partial charge in [-0.3, -0.25) is 19.6 Å². The second kappa shape index (κ2) is 8.79. The van der Waals surface area contributed by atoms with Gasteiger partial charge in [0.25, 0.3) is 11.7 Å². The minimum atomic E-state index is -0.812. The number of pyridine rings is 2. The number of likely N-dealkylation sites (tertiary alicyclic amines) is 1. The molecular formula is C24H21N3O4. The van der Waals surface area contributed by atoms with Crippen molar-refractivity contribution in [1.29, 1.82) is 0 Å². The quantitative estimate of drug-likeness (QED) is 0.376. The lowest BCUT2D eigenvalue weighted by Crippen LogP contribution is -2.29. The number of carbonyl (C=O) groups is 2. The normalized spacial score (nSPS) is 17.7. The van der Waals surface area contributed by atoms with Crippen LogP contribution in [-0.2, 0) is 16.1 Å². The van der Waals surface area contributed by atoms with Crippen molar-refractivity contribution in [2.45, 2.75) is 19.5 Å². The van der Waals surface area contributed by atoms with Gasteiger partial charge in [0, 0.05) is 30.7 Å². The fraction of sp³-hybridized carbons (Fsp3) is 0.167. The first-order valence-corrected chi connectivity index (χ1v) is 9.91. The Morgan fingerprint density at radius 1 is 1.06 bits per heavy atom. The molecule has 7 heteroatoms. The molecule has 0 bridgehead atoms. The average Bonchev–Trinajstić information content (AvgIpc) is 3.05. The Hall–Kier alpha value is -4.00. The zero-order valence-corrected chi connectivity index (χ0v) is 16.9. The molecule has 2 aromatic heterocycles. The summed E-state index contributed by atoms with van der Waals surface area (Å²) in [6, 6.07) is 14.8. The summed E-state index contributed by atoms with van der Waals surface area (Å²) >= 11 is 0. The van der Waals surface area contributed by atoms with E-state index in [0.717, 1.165) is 5.56 Å². The third kappa shape index (κ3) is 4.02. The number of ether oxygens (including phenoxy) is 1. The number of aliphatic hydroxyl groups is 1. The first kappa shape index (κ1) is 20.3. The maximum atomic E-state index is 13.0. The molecule has 0 aliphatic carbocycles. The summed E-state index contributed by atoms with van der Waals surface area (Å²) in [7, 11) is 0. The lowest BCUT2D eigenvalue weighted by molar-refractivity contribution is -0.140. The van der Waals surface area contributed by atoms with Crippen molar-refractivity contribution in [2.75, 3.05) is 6.61 Å². The van der Waals surface area contributed by atoms with Crippen LogP contribution in [-0.4, -0.2) is 38.3 Å². The molecule has 1 aliphatic rings. The summed E-state index contributed by atoms with van der Waals surface area (Å²) in [4.78, 5) is 35.8. The van der Waals surface area contributed by atoms with E-state index in [1.54, 1.807) is 67.1 Å². The second-order valence-corrected chi connectivity index (χ2v) is 7.00. The van der Waals surface area contributed by atoms with Gasteiger partial charge in [0.05, 0.1) is 17.9 Å². The molecule has 1 unspecified atom stereocenters. The lowest BCUT2D eigenvalue weighted by Gasteiger charge is -2.24. The van der Waals surface area contributed by atoms with Crippen LogP contribution in [0.2, 0.25) is 0 Å². The molecular weight excluding hydrogens is 394 g/mol. The van der Waals surface area contributed by atoms with E-state index in [2.05, 4.69) is 9.97 Å². The Bertz CT molecular complexity index is 1110. The molecule has 156 valence electrons. The first-order valence-electron chi connectivity index (χ1n) is 9.91. The number of amides is 1. The van der Waals surface area contributed by atoms with E-state index in [1.165, 1.54) is 4.90 Å². The van der Waals surface area contributed by atoms with Gasteiger partial charge in [-0.2, -0.15) is 0 Å². The predicted octanol–water partition coefficient (Wildman–Crippen LogP) is 3.50. The fourth-order valence-corrected chi connectivity index (χ4v) is 3.61. The van der Waals surface area contributed by atoms with Crippen LogP contribution in [0.15, 0.2) is 78.8 Å². The highest BCUT2D eigenvalue weighted by Gasteiger charge is 2.46. The van der Waals surface area contributed by atoms with Crippen molar-refractivity contribution < 1.29 is 19.4 Å². The zero-order valence-electron chi connectivity index (χ0n) is 16.9. The average molecular weight is 415 g/mol. The molecule has 4 rings (SSSR count). The molecule has 7 nitrogen and oxygen atoms in total. The van der Waals surface area contributed by atoms with Crippen molar-refractivity contribution >= 4 is 17.4 Å².